The summed E-state index contributed by atoms with van der Waals surface area (Å²) in [4.78, 5) is 59.0. The van der Waals surface area contributed by atoms with E-state index in [0.29, 0.717) is 23.6 Å². The van der Waals surface area contributed by atoms with Crippen molar-refractivity contribution in [3.05, 3.63) is 33.8 Å². The average molecular weight is 530 g/mol. The number of nitrogens with zero attached hydrogens (tertiary/aromatic N) is 4. The quantitative estimate of drug-likeness (QED) is 0.500. The van der Waals surface area contributed by atoms with Gasteiger partial charge in [-0.25, -0.2) is 4.79 Å². The standard InChI is InChI=1S/C27H39N5O6/c1-18-13-20(15-22-25(18)28-27(36)38-22)14-19(2)26(35)32-7-5-21(6-8-32)31-11-9-30(10-12-31)16-24(34)37-17-23(33)29(3)4/h13,15,19,21H,5-12,14,16-17H2,1-4H3,(H,28,36)/t19-/m1/s1. The molecule has 2 aliphatic heterocycles. The summed E-state index contributed by atoms with van der Waals surface area (Å²) in [5.74, 6) is -1.07. The fourth-order valence-electron chi connectivity index (χ4n) is 5.40. The van der Waals surface area contributed by atoms with Gasteiger partial charge in [-0.1, -0.05) is 13.0 Å². The van der Waals surface area contributed by atoms with Crippen LogP contribution in [0.1, 0.15) is 30.9 Å². The molecule has 2 aromatic rings. The van der Waals surface area contributed by atoms with Crippen molar-refractivity contribution in [2.75, 3.05) is 66.5 Å². The van der Waals surface area contributed by atoms with E-state index in [0.717, 1.165) is 63.2 Å². The molecule has 0 radical (unpaired) electrons. The van der Waals surface area contributed by atoms with Crippen LogP contribution in [-0.2, 0) is 25.5 Å². The number of hydrogen-bond donors (Lipinski definition) is 1. The number of nitrogens with one attached hydrogen (secondary N) is 1. The Labute approximate surface area is 222 Å². The van der Waals surface area contributed by atoms with Crippen LogP contribution in [0.15, 0.2) is 21.3 Å². The maximum atomic E-state index is 13.2. The summed E-state index contributed by atoms with van der Waals surface area (Å²) in [7, 11) is 3.26. The first kappa shape index (κ1) is 27.8. The average Bonchev–Trinajstić information content (AvgIpc) is 3.28. The summed E-state index contributed by atoms with van der Waals surface area (Å²) in [6, 6.07) is 4.29. The van der Waals surface area contributed by atoms with Gasteiger partial charge in [0.1, 0.15) is 0 Å². The van der Waals surface area contributed by atoms with Crippen molar-refractivity contribution in [2.45, 2.75) is 39.2 Å². The Morgan fingerprint density at radius 1 is 1.11 bits per heavy atom. The molecule has 38 heavy (non-hydrogen) atoms. The molecule has 0 unspecified atom stereocenters. The Morgan fingerprint density at radius 2 is 1.79 bits per heavy atom. The van der Waals surface area contributed by atoms with E-state index in [9.17, 15) is 19.2 Å². The highest BCUT2D eigenvalue weighted by Crippen LogP contribution is 2.23. The number of likely N-dealkylation sites (N-methyl/N-ethyl adjacent to an activating group) is 1. The number of hydrogen-bond acceptors (Lipinski definition) is 8. The number of carbonyl (C=O) groups is 3. The van der Waals surface area contributed by atoms with Gasteiger partial charge in [-0.3, -0.25) is 29.2 Å². The lowest BCUT2D eigenvalue weighted by atomic mass is 9.96. The van der Waals surface area contributed by atoms with E-state index in [1.54, 1.807) is 14.1 Å². The van der Waals surface area contributed by atoms with Crippen molar-refractivity contribution < 1.29 is 23.5 Å². The highest BCUT2D eigenvalue weighted by atomic mass is 16.5. The molecule has 0 aliphatic carbocycles. The van der Waals surface area contributed by atoms with Crippen LogP contribution < -0.4 is 5.76 Å². The van der Waals surface area contributed by atoms with Crippen molar-refractivity contribution in [1.82, 2.24) is 24.6 Å². The number of rotatable bonds is 8. The third kappa shape index (κ3) is 6.82. The fraction of sp³-hybridized carbons (Fsp3) is 0.630. The molecular weight excluding hydrogens is 490 g/mol. The number of H-pyrrole nitrogens is 1. The number of esters is 1. The molecule has 2 aliphatic rings. The summed E-state index contributed by atoms with van der Waals surface area (Å²) in [5, 5.41) is 0. The van der Waals surface area contributed by atoms with Gasteiger partial charge in [-0.15, -0.1) is 0 Å². The smallest absolute Gasteiger partial charge is 0.417 e. The third-order valence-corrected chi connectivity index (χ3v) is 7.66. The zero-order valence-corrected chi connectivity index (χ0v) is 22.8. The number of carbonyl (C=O) groups excluding carboxylic acids is 3. The number of ether oxygens (including phenoxy) is 1. The van der Waals surface area contributed by atoms with E-state index in [1.807, 2.05) is 30.9 Å². The molecule has 0 saturated carbocycles. The first-order valence-electron chi connectivity index (χ1n) is 13.3. The zero-order chi connectivity index (χ0) is 27.4. The number of aromatic amines is 1. The summed E-state index contributed by atoms with van der Waals surface area (Å²) >= 11 is 0. The first-order valence-corrected chi connectivity index (χ1v) is 13.3. The molecule has 2 saturated heterocycles. The number of aromatic nitrogens is 1. The van der Waals surface area contributed by atoms with E-state index in [2.05, 4.69) is 14.8 Å². The molecule has 1 N–H and O–H groups in total. The van der Waals surface area contributed by atoms with Crippen LogP contribution in [0.25, 0.3) is 11.1 Å². The van der Waals surface area contributed by atoms with E-state index in [4.69, 9.17) is 9.15 Å². The van der Waals surface area contributed by atoms with Crippen LogP contribution in [0.5, 0.6) is 0 Å². The summed E-state index contributed by atoms with van der Waals surface area (Å²) in [6.07, 6.45) is 2.47. The molecule has 208 valence electrons. The summed E-state index contributed by atoms with van der Waals surface area (Å²) in [6.45, 7) is 8.64. The lowest BCUT2D eigenvalue weighted by Gasteiger charge is -2.43. The minimum atomic E-state index is -0.468. The number of likely N-dealkylation sites (tertiary alicyclic amines) is 1. The molecule has 1 atom stereocenters. The molecule has 11 nitrogen and oxygen atoms in total. The van der Waals surface area contributed by atoms with Crippen molar-refractivity contribution in [3.63, 3.8) is 0 Å². The molecule has 2 amide bonds. The molecule has 1 aromatic carbocycles. The first-order chi connectivity index (χ1) is 18.1. The number of aryl methyl sites for hydroxylation is 1. The second kappa shape index (κ2) is 12.1. The van der Waals surface area contributed by atoms with Crippen molar-refractivity contribution in [3.8, 4) is 0 Å². The monoisotopic (exact) mass is 529 g/mol. The number of benzene rings is 1. The highest BCUT2D eigenvalue weighted by Gasteiger charge is 2.31. The second-order valence-corrected chi connectivity index (χ2v) is 10.7. The van der Waals surface area contributed by atoms with Crippen LogP contribution in [0.4, 0.5) is 0 Å². The molecule has 2 fully saturated rings. The van der Waals surface area contributed by atoms with E-state index in [-0.39, 0.29) is 36.9 Å². The van der Waals surface area contributed by atoms with Gasteiger partial charge >= 0.3 is 11.7 Å². The Hall–Kier alpha value is -3.18. The molecule has 11 heteroatoms. The van der Waals surface area contributed by atoms with Gasteiger partial charge in [-0.05, 0) is 43.4 Å². The topological polar surface area (TPSA) is 119 Å². The van der Waals surface area contributed by atoms with E-state index >= 15 is 0 Å². The normalized spacial score (nSPS) is 18.5. The van der Waals surface area contributed by atoms with Gasteiger partial charge in [-0.2, -0.15) is 0 Å². The number of piperazine rings is 1. The Balaban J connectivity index is 1.19. The van der Waals surface area contributed by atoms with Gasteiger partial charge < -0.3 is 19.0 Å². The number of oxazole rings is 1. The zero-order valence-electron chi connectivity index (χ0n) is 22.8. The van der Waals surface area contributed by atoms with Crippen molar-refractivity contribution in [2.24, 2.45) is 5.92 Å². The number of fused-ring (bicyclic) bond motifs is 1. The Bertz CT molecular complexity index is 1200. The van der Waals surface area contributed by atoms with Crippen molar-refractivity contribution in [1.29, 1.82) is 0 Å². The van der Waals surface area contributed by atoms with Gasteiger partial charge in [0.15, 0.2) is 12.2 Å². The molecular formula is C27H39N5O6. The van der Waals surface area contributed by atoms with Gasteiger partial charge in [0.2, 0.25) is 5.91 Å². The SMILES string of the molecule is Cc1cc(C[C@@H](C)C(=O)N2CCC(N3CCN(CC(=O)OCC(=O)N(C)C)CC3)CC2)cc2oc(=O)[nH]c12. The molecule has 0 spiro atoms. The summed E-state index contributed by atoms with van der Waals surface area (Å²) in [5.41, 5.74) is 3.15. The largest absolute Gasteiger partial charge is 0.455 e. The molecule has 1 aromatic heterocycles. The lowest BCUT2D eigenvalue weighted by molar-refractivity contribution is -0.152. The maximum Gasteiger partial charge on any atom is 0.417 e. The molecule has 0 bridgehead atoms. The van der Waals surface area contributed by atoms with Crippen LogP contribution >= 0.6 is 0 Å². The van der Waals surface area contributed by atoms with Gasteiger partial charge in [0.05, 0.1) is 12.1 Å². The minimum Gasteiger partial charge on any atom is -0.455 e. The summed E-state index contributed by atoms with van der Waals surface area (Å²) < 4.78 is 10.3. The minimum absolute atomic E-state index is 0.160. The second-order valence-electron chi connectivity index (χ2n) is 10.7. The van der Waals surface area contributed by atoms with Crippen molar-refractivity contribution >= 4 is 28.9 Å². The van der Waals surface area contributed by atoms with Gasteiger partial charge in [0.25, 0.3) is 5.91 Å². The lowest BCUT2D eigenvalue weighted by Crippen LogP contribution is -2.54. The van der Waals surface area contributed by atoms with Crippen LogP contribution in [0, 0.1) is 12.8 Å². The maximum absolute atomic E-state index is 13.2. The van der Waals surface area contributed by atoms with E-state index < -0.39 is 5.76 Å². The van der Waals surface area contributed by atoms with E-state index in [1.165, 1.54) is 4.90 Å². The number of amides is 2. The third-order valence-electron chi connectivity index (χ3n) is 7.66. The Kier molecular flexibility index (Phi) is 8.88. The van der Waals surface area contributed by atoms with Crippen LogP contribution in [0.3, 0.4) is 0 Å². The molecule has 4 rings (SSSR count). The fourth-order valence-corrected chi connectivity index (χ4v) is 5.40. The Morgan fingerprint density at radius 3 is 2.45 bits per heavy atom. The predicted octanol–water partition coefficient (Wildman–Crippen LogP) is 0.848. The number of piperidine rings is 1. The van der Waals surface area contributed by atoms with Gasteiger partial charge in [0, 0.05) is 65.3 Å². The highest BCUT2D eigenvalue weighted by molar-refractivity contribution is 5.81. The van der Waals surface area contributed by atoms with Crippen LogP contribution in [-0.4, -0.2) is 115 Å². The van der Waals surface area contributed by atoms with Crippen LogP contribution in [0.2, 0.25) is 0 Å². The predicted molar refractivity (Wildman–Crippen MR) is 142 cm³/mol. The molecule has 3 heterocycles.